The Kier molecular flexibility index (Phi) is 6.90. The molecule has 0 saturated carbocycles. The van der Waals surface area contributed by atoms with E-state index in [1.54, 1.807) is 55.5 Å². The van der Waals surface area contributed by atoms with Crippen LogP contribution in [0.1, 0.15) is 30.1 Å². The van der Waals surface area contributed by atoms with Crippen molar-refractivity contribution in [3.63, 3.8) is 0 Å². The number of benzene rings is 2. The minimum absolute atomic E-state index is 0.0812. The molecule has 1 aliphatic heterocycles. The third kappa shape index (κ3) is 5.71. The van der Waals surface area contributed by atoms with E-state index < -0.39 is 6.10 Å². The lowest BCUT2D eigenvalue weighted by molar-refractivity contribution is -0.122. The summed E-state index contributed by atoms with van der Waals surface area (Å²) in [4.78, 5) is 24.7. The zero-order valence-electron chi connectivity index (χ0n) is 15.6. The molecule has 0 aromatic heterocycles. The Bertz CT molecular complexity index is 819. The van der Waals surface area contributed by atoms with Gasteiger partial charge in [-0.2, -0.15) is 0 Å². The summed E-state index contributed by atoms with van der Waals surface area (Å²) in [6, 6.07) is 13.6. The molecule has 0 bridgehead atoms. The molecule has 3 rings (SSSR count). The van der Waals surface area contributed by atoms with Gasteiger partial charge in [0.2, 0.25) is 0 Å². The molecule has 7 heteroatoms. The average molecular weight is 403 g/mol. The summed E-state index contributed by atoms with van der Waals surface area (Å²) in [5, 5.41) is 6.24. The maximum atomic E-state index is 12.4. The number of anilines is 1. The Labute approximate surface area is 169 Å². The number of rotatable bonds is 7. The van der Waals surface area contributed by atoms with Crippen LogP contribution in [0, 0.1) is 0 Å². The number of carbonyl (C=O) groups excluding carboxylic acids is 2. The highest BCUT2D eigenvalue weighted by Gasteiger charge is 2.18. The Morgan fingerprint density at radius 3 is 2.75 bits per heavy atom. The van der Waals surface area contributed by atoms with Gasteiger partial charge in [0.05, 0.1) is 6.10 Å². The van der Waals surface area contributed by atoms with E-state index in [1.165, 1.54) is 0 Å². The first kappa shape index (κ1) is 20.2. The van der Waals surface area contributed by atoms with E-state index in [0.717, 1.165) is 19.4 Å². The lowest BCUT2D eigenvalue weighted by Crippen LogP contribution is -2.32. The summed E-state index contributed by atoms with van der Waals surface area (Å²) in [5.41, 5.74) is 1.00. The van der Waals surface area contributed by atoms with Crippen molar-refractivity contribution in [3.05, 3.63) is 59.1 Å². The number of amides is 2. The largest absolute Gasteiger partial charge is 0.481 e. The summed E-state index contributed by atoms with van der Waals surface area (Å²) < 4.78 is 11.1. The van der Waals surface area contributed by atoms with Gasteiger partial charge in [0.1, 0.15) is 5.75 Å². The third-order valence-corrected chi connectivity index (χ3v) is 4.65. The molecule has 6 nitrogen and oxygen atoms in total. The number of hydrogen-bond donors (Lipinski definition) is 2. The van der Waals surface area contributed by atoms with Gasteiger partial charge in [0.25, 0.3) is 11.8 Å². The quantitative estimate of drug-likeness (QED) is 0.741. The molecule has 2 atom stereocenters. The predicted molar refractivity (Wildman–Crippen MR) is 108 cm³/mol. The number of halogens is 1. The maximum absolute atomic E-state index is 12.4. The van der Waals surface area contributed by atoms with Gasteiger partial charge in [-0.3, -0.25) is 9.59 Å². The highest BCUT2D eigenvalue weighted by molar-refractivity contribution is 6.30. The topological polar surface area (TPSA) is 76.7 Å². The van der Waals surface area contributed by atoms with Crippen LogP contribution < -0.4 is 15.4 Å². The van der Waals surface area contributed by atoms with Crippen LogP contribution in [-0.4, -0.2) is 37.2 Å². The van der Waals surface area contributed by atoms with Crippen LogP contribution in [0.3, 0.4) is 0 Å². The molecule has 0 radical (unpaired) electrons. The molecule has 148 valence electrons. The van der Waals surface area contributed by atoms with Crippen LogP contribution in [0.5, 0.6) is 5.75 Å². The Balaban J connectivity index is 1.54. The minimum atomic E-state index is -0.710. The number of carbonyl (C=O) groups is 2. The van der Waals surface area contributed by atoms with Crippen LogP contribution in [0.4, 0.5) is 5.69 Å². The molecule has 1 fully saturated rings. The second-order valence-corrected chi connectivity index (χ2v) is 7.07. The van der Waals surface area contributed by atoms with E-state index in [4.69, 9.17) is 21.1 Å². The van der Waals surface area contributed by atoms with Gasteiger partial charge in [-0.15, -0.1) is 0 Å². The zero-order valence-corrected chi connectivity index (χ0v) is 16.4. The van der Waals surface area contributed by atoms with Gasteiger partial charge >= 0.3 is 0 Å². The highest BCUT2D eigenvalue weighted by Crippen LogP contribution is 2.18. The van der Waals surface area contributed by atoms with E-state index >= 15 is 0 Å². The van der Waals surface area contributed by atoms with Crippen molar-refractivity contribution in [2.24, 2.45) is 0 Å². The SMILES string of the molecule is CC(Oc1ccc(Cl)cc1)C(=O)Nc1cccc(C(=O)NCC2CCCO2)c1. The fourth-order valence-corrected chi connectivity index (χ4v) is 2.99. The molecule has 2 N–H and O–H groups in total. The molecule has 2 amide bonds. The molecule has 0 spiro atoms. The van der Waals surface area contributed by atoms with Gasteiger partial charge in [0, 0.05) is 29.4 Å². The minimum Gasteiger partial charge on any atom is -0.481 e. The van der Waals surface area contributed by atoms with Crippen LogP contribution in [0.25, 0.3) is 0 Å². The second kappa shape index (κ2) is 9.57. The van der Waals surface area contributed by atoms with Crippen LogP contribution in [0.2, 0.25) is 5.02 Å². The van der Waals surface area contributed by atoms with Crippen LogP contribution in [0.15, 0.2) is 48.5 Å². The molecule has 1 heterocycles. The fraction of sp³-hybridized carbons (Fsp3) is 0.333. The van der Waals surface area contributed by atoms with Crippen LogP contribution >= 0.6 is 11.6 Å². The van der Waals surface area contributed by atoms with E-state index in [2.05, 4.69) is 10.6 Å². The van der Waals surface area contributed by atoms with Crippen LogP contribution in [-0.2, 0) is 9.53 Å². The normalized spacial score (nSPS) is 17.0. The average Bonchev–Trinajstić information content (AvgIpc) is 3.21. The Morgan fingerprint density at radius 2 is 2.04 bits per heavy atom. The lowest BCUT2D eigenvalue weighted by Gasteiger charge is -2.15. The predicted octanol–water partition coefficient (Wildman–Crippen LogP) is 3.65. The lowest BCUT2D eigenvalue weighted by atomic mass is 10.1. The third-order valence-electron chi connectivity index (χ3n) is 4.40. The van der Waals surface area contributed by atoms with Crippen molar-refractivity contribution in [2.45, 2.75) is 32.0 Å². The maximum Gasteiger partial charge on any atom is 0.265 e. The zero-order chi connectivity index (χ0) is 19.9. The van der Waals surface area contributed by atoms with E-state index in [-0.39, 0.29) is 17.9 Å². The van der Waals surface area contributed by atoms with Gasteiger partial charge in [-0.25, -0.2) is 0 Å². The summed E-state index contributed by atoms with van der Waals surface area (Å²) in [5.74, 6) is 0.0400. The van der Waals surface area contributed by atoms with Gasteiger partial charge in [-0.05, 0) is 62.2 Å². The Morgan fingerprint density at radius 1 is 1.25 bits per heavy atom. The highest BCUT2D eigenvalue weighted by atomic mass is 35.5. The smallest absolute Gasteiger partial charge is 0.265 e. The molecular formula is C21H23ClN2O4. The molecule has 28 heavy (non-hydrogen) atoms. The first-order valence-electron chi connectivity index (χ1n) is 9.24. The van der Waals surface area contributed by atoms with Gasteiger partial charge in [-0.1, -0.05) is 17.7 Å². The molecular weight excluding hydrogens is 380 g/mol. The van der Waals surface area contributed by atoms with Crippen molar-refractivity contribution in [1.82, 2.24) is 5.32 Å². The van der Waals surface area contributed by atoms with Crippen molar-refractivity contribution < 1.29 is 19.1 Å². The number of ether oxygens (including phenoxy) is 2. The second-order valence-electron chi connectivity index (χ2n) is 6.63. The molecule has 2 aromatic rings. The monoisotopic (exact) mass is 402 g/mol. The van der Waals surface area contributed by atoms with E-state index in [0.29, 0.717) is 28.6 Å². The number of hydrogen-bond acceptors (Lipinski definition) is 4. The van der Waals surface area contributed by atoms with E-state index in [9.17, 15) is 9.59 Å². The first-order chi connectivity index (χ1) is 13.5. The molecule has 2 unspecified atom stereocenters. The number of nitrogens with one attached hydrogen (secondary N) is 2. The molecule has 0 aliphatic carbocycles. The van der Waals surface area contributed by atoms with Gasteiger partial charge < -0.3 is 20.1 Å². The summed E-state index contributed by atoms with van der Waals surface area (Å²) in [6.07, 6.45) is 1.36. The summed E-state index contributed by atoms with van der Waals surface area (Å²) in [6.45, 7) is 2.89. The fourth-order valence-electron chi connectivity index (χ4n) is 2.87. The summed E-state index contributed by atoms with van der Waals surface area (Å²) >= 11 is 5.84. The molecule has 2 aromatic carbocycles. The van der Waals surface area contributed by atoms with Crippen molar-refractivity contribution in [1.29, 1.82) is 0 Å². The summed E-state index contributed by atoms with van der Waals surface area (Å²) in [7, 11) is 0. The molecule has 1 aliphatic rings. The molecule has 1 saturated heterocycles. The standard InChI is InChI=1S/C21H23ClN2O4/c1-14(28-18-9-7-16(22)8-10-18)20(25)24-17-5-2-4-15(12-17)21(26)23-13-19-6-3-11-27-19/h2,4-5,7-10,12,14,19H,3,6,11,13H2,1H3,(H,23,26)(H,24,25). The van der Waals surface area contributed by atoms with Crippen molar-refractivity contribution in [3.8, 4) is 5.75 Å². The van der Waals surface area contributed by atoms with Crippen molar-refractivity contribution in [2.75, 3.05) is 18.5 Å². The van der Waals surface area contributed by atoms with E-state index in [1.807, 2.05) is 0 Å². The van der Waals surface area contributed by atoms with Crippen molar-refractivity contribution >= 4 is 29.1 Å². The van der Waals surface area contributed by atoms with Gasteiger partial charge in [0.15, 0.2) is 6.10 Å². The first-order valence-corrected chi connectivity index (χ1v) is 9.62. The Hall–Kier alpha value is -2.57.